The Hall–Kier alpha value is -2.86. The Morgan fingerprint density at radius 1 is 1.00 bits per heavy atom. The minimum atomic E-state index is -0.608. The first-order valence-electron chi connectivity index (χ1n) is 7.36. The summed E-state index contributed by atoms with van der Waals surface area (Å²) >= 11 is 0. The van der Waals surface area contributed by atoms with E-state index in [9.17, 15) is 10.1 Å². The number of methoxy groups -OCH3 is 1. The van der Waals surface area contributed by atoms with Gasteiger partial charge in [0.15, 0.2) is 0 Å². The maximum absolute atomic E-state index is 12.0. The second-order valence-corrected chi connectivity index (χ2v) is 5.46. The molecule has 2 aromatic carbocycles. The van der Waals surface area contributed by atoms with Gasteiger partial charge in [0.1, 0.15) is 11.6 Å². The molecule has 0 bridgehead atoms. The molecule has 2 rings (SSSR count). The first kappa shape index (κ1) is 16.5. The average Bonchev–Trinajstić information content (AvgIpc) is 2.62. The summed E-state index contributed by atoms with van der Waals surface area (Å²) < 4.78 is 4.77. The Bertz CT molecular complexity index is 716. The molecule has 0 heterocycles. The van der Waals surface area contributed by atoms with Gasteiger partial charge in [0.05, 0.1) is 7.11 Å². The lowest BCUT2D eigenvalue weighted by molar-refractivity contribution is -0.135. The maximum Gasteiger partial charge on any atom is 0.348 e. The van der Waals surface area contributed by atoms with Crippen LogP contribution in [-0.2, 0) is 14.9 Å². The molecule has 0 amide bonds. The van der Waals surface area contributed by atoms with Crippen molar-refractivity contribution in [2.75, 3.05) is 7.11 Å². The van der Waals surface area contributed by atoms with Gasteiger partial charge >= 0.3 is 5.97 Å². The first-order chi connectivity index (χ1) is 11.1. The fraction of sp³-hybridized carbons (Fsp3) is 0.200. The summed E-state index contributed by atoms with van der Waals surface area (Å²) in [5, 5.41) is 9.45. The van der Waals surface area contributed by atoms with Crippen molar-refractivity contribution in [1.82, 2.24) is 0 Å². The van der Waals surface area contributed by atoms with Crippen LogP contribution in [0.1, 0.15) is 25.0 Å². The molecule has 116 valence electrons. The highest BCUT2D eigenvalue weighted by Gasteiger charge is 2.34. The zero-order valence-corrected chi connectivity index (χ0v) is 13.5. The van der Waals surface area contributed by atoms with E-state index in [0.29, 0.717) is 5.57 Å². The van der Waals surface area contributed by atoms with E-state index in [4.69, 9.17) is 4.74 Å². The van der Waals surface area contributed by atoms with Gasteiger partial charge < -0.3 is 4.74 Å². The Kier molecular flexibility index (Phi) is 4.98. The Labute approximate surface area is 136 Å². The molecule has 0 aliphatic carbocycles. The largest absolute Gasteiger partial charge is 0.465 e. The van der Waals surface area contributed by atoms with Crippen LogP contribution < -0.4 is 0 Å². The molecule has 0 aliphatic rings. The fourth-order valence-corrected chi connectivity index (χ4v) is 2.78. The van der Waals surface area contributed by atoms with Crippen molar-refractivity contribution in [2.45, 2.75) is 19.3 Å². The minimum Gasteiger partial charge on any atom is -0.465 e. The minimum absolute atomic E-state index is 0.0442. The highest BCUT2D eigenvalue weighted by Crippen LogP contribution is 2.40. The zero-order valence-electron chi connectivity index (χ0n) is 13.5. The summed E-state index contributed by atoms with van der Waals surface area (Å²) in [5.74, 6) is -0.608. The lowest BCUT2D eigenvalue weighted by atomic mass is 9.70. The van der Waals surface area contributed by atoms with Crippen LogP contribution in [0, 0.1) is 11.3 Å². The second-order valence-electron chi connectivity index (χ2n) is 5.46. The number of nitrogens with zero attached hydrogens (tertiary/aromatic N) is 1. The van der Waals surface area contributed by atoms with Gasteiger partial charge in [-0.15, -0.1) is 0 Å². The van der Waals surface area contributed by atoms with E-state index in [1.165, 1.54) is 7.11 Å². The van der Waals surface area contributed by atoms with Gasteiger partial charge in [-0.3, -0.25) is 0 Å². The smallest absolute Gasteiger partial charge is 0.348 e. The molecule has 0 N–H and O–H groups in total. The van der Waals surface area contributed by atoms with Gasteiger partial charge in [-0.2, -0.15) is 5.26 Å². The fourth-order valence-electron chi connectivity index (χ4n) is 2.78. The molecular weight excluding hydrogens is 286 g/mol. The third kappa shape index (κ3) is 3.02. The lowest BCUT2D eigenvalue weighted by Gasteiger charge is -2.33. The van der Waals surface area contributed by atoms with Crippen molar-refractivity contribution in [3.8, 4) is 6.07 Å². The molecular formula is C20H19NO2. The van der Waals surface area contributed by atoms with Gasteiger partial charge in [-0.25, -0.2) is 4.79 Å². The number of carbonyl (C=O) groups is 1. The summed E-state index contributed by atoms with van der Waals surface area (Å²) in [6, 6.07) is 21.7. The topological polar surface area (TPSA) is 50.1 Å². The van der Waals surface area contributed by atoms with Crippen molar-refractivity contribution in [3.63, 3.8) is 0 Å². The summed E-state index contributed by atoms with van der Waals surface area (Å²) in [6.45, 7) is 3.84. The molecule has 0 saturated heterocycles. The van der Waals surface area contributed by atoms with Crippen LogP contribution in [0.2, 0.25) is 0 Å². The van der Waals surface area contributed by atoms with Crippen molar-refractivity contribution in [2.24, 2.45) is 0 Å². The van der Waals surface area contributed by atoms with Crippen molar-refractivity contribution >= 4 is 5.97 Å². The molecule has 0 aliphatic heterocycles. The van der Waals surface area contributed by atoms with E-state index in [-0.39, 0.29) is 5.57 Å². The van der Waals surface area contributed by atoms with Crippen LogP contribution in [0.15, 0.2) is 71.8 Å². The number of nitriles is 1. The Morgan fingerprint density at radius 3 is 1.78 bits per heavy atom. The molecule has 0 aromatic heterocycles. The zero-order chi connectivity index (χ0) is 16.9. The average molecular weight is 305 g/mol. The molecule has 0 unspecified atom stereocenters. The molecule has 0 fully saturated rings. The predicted molar refractivity (Wildman–Crippen MR) is 89.7 cm³/mol. The van der Waals surface area contributed by atoms with E-state index < -0.39 is 11.4 Å². The van der Waals surface area contributed by atoms with Gasteiger partial charge in [0.2, 0.25) is 0 Å². The van der Waals surface area contributed by atoms with Crippen molar-refractivity contribution in [3.05, 3.63) is 82.9 Å². The molecule has 0 radical (unpaired) electrons. The molecule has 3 nitrogen and oxygen atoms in total. The van der Waals surface area contributed by atoms with Crippen LogP contribution in [-0.4, -0.2) is 13.1 Å². The van der Waals surface area contributed by atoms with Crippen LogP contribution in [0.25, 0.3) is 0 Å². The third-order valence-electron chi connectivity index (χ3n) is 4.33. The molecule has 2 aromatic rings. The summed E-state index contributed by atoms with van der Waals surface area (Å²) in [5.41, 5.74) is 2.15. The van der Waals surface area contributed by atoms with Crippen LogP contribution >= 0.6 is 0 Å². The van der Waals surface area contributed by atoms with Gasteiger partial charge in [0, 0.05) is 5.41 Å². The number of carbonyl (C=O) groups excluding carboxylic acids is 1. The highest BCUT2D eigenvalue weighted by molar-refractivity contribution is 5.94. The van der Waals surface area contributed by atoms with E-state index in [2.05, 4.69) is 0 Å². The number of esters is 1. The van der Waals surface area contributed by atoms with Crippen molar-refractivity contribution in [1.29, 1.82) is 5.26 Å². The number of rotatable bonds is 4. The summed E-state index contributed by atoms with van der Waals surface area (Å²) in [6.07, 6.45) is 0. The van der Waals surface area contributed by atoms with Gasteiger partial charge in [0.25, 0.3) is 0 Å². The molecule has 0 atom stereocenters. The summed E-state index contributed by atoms with van der Waals surface area (Å²) in [7, 11) is 1.29. The monoisotopic (exact) mass is 305 g/mol. The number of benzene rings is 2. The highest BCUT2D eigenvalue weighted by atomic mass is 16.5. The van der Waals surface area contributed by atoms with Gasteiger partial charge in [-0.05, 0) is 30.5 Å². The first-order valence-corrected chi connectivity index (χ1v) is 7.36. The standard InChI is InChI=1S/C20H19NO2/c1-15(18(14-21)19(22)23-3)20(2,16-10-6-4-7-11-16)17-12-8-5-9-13-17/h4-13H,1-3H3/b18-15+. The van der Waals surface area contributed by atoms with Crippen LogP contribution in [0.4, 0.5) is 0 Å². The Morgan fingerprint density at radius 2 is 1.43 bits per heavy atom. The molecule has 0 saturated carbocycles. The van der Waals surface area contributed by atoms with Gasteiger partial charge in [-0.1, -0.05) is 60.7 Å². The number of hydrogen-bond acceptors (Lipinski definition) is 3. The van der Waals surface area contributed by atoms with E-state index in [1.54, 1.807) is 0 Å². The second kappa shape index (κ2) is 6.93. The van der Waals surface area contributed by atoms with E-state index in [0.717, 1.165) is 11.1 Å². The van der Waals surface area contributed by atoms with E-state index >= 15 is 0 Å². The quantitative estimate of drug-likeness (QED) is 0.487. The number of hydrogen-bond donors (Lipinski definition) is 0. The predicted octanol–water partition coefficient (Wildman–Crippen LogP) is 4.01. The van der Waals surface area contributed by atoms with Crippen LogP contribution in [0.3, 0.4) is 0 Å². The van der Waals surface area contributed by atoms with Crippen LogP contribution in [0.5, 0.6) is 0 Å². The number of ether oxygens (including phenoxy) is 1. The molecule has 23 heavy (non-hydrogen) atoms. The number of allylic oxidation sites excluding steroid dienone is 1. The van der Waals surface area contributed by atoms with E-state index in [1.807, 2.05) is 80.6 Å². The summed E-state index contributed by atoms with van der Waals surface area (Å²) in [4.78, 5) is 12.0. The maximum atomic E-state index is 12.0. The molecule has 3 heteroatoms. The van der Waals surface area contributed by atoms with Crippen molar-refractivity contribution < 1.29 is 9.53 Å². The molecule has 0 spiro atoms. The normalized spacial score (nSPS) is 12.1. The SMILES string of the molecule is COC(=O)/C(C#N)=C(\C)C(C)(c1ccccc1)c1ccccc1. The Balaban J connectivity index is 2.77. The third-order valence-corrected chi connectivity index (χ3v) is 4.33. The lowest BCUT2D eigenvalue weighted by Crippen LogP contribution is -2.27.